The van der Waals surface area contributed by atoms with Gasteiger partial charge in [-0.2, -0.15) is 0 Å². The lowest BCUT2D eigenvalue weighted by Gasteiger charge is -2.31. The third kappa shape index (κ3) is 2.43. The Balaban J connectivity index is 1.78. The predicted molar refractivity (Wildman–Crippen MR) is 85.0 cm³/mol. The lowest BCUT2D eigenvalue weighted by atomic mass is 9.82. The third-order valence-electron chi connectivity index (χ3n) is 3.67. The molecule has 0 atom stereocenters. The number of aliphatic hydroxyl groups excluding tert-OH is 1. The number of nitrogens with one attached hydrogen (secondary N) is 1. The van der Waals surface area contributed by atoms with E-state index in [0.29, 0.717) is 23.0 Å². The van der Waals surface area contributed by atoms with Crippen LogP contribution < -0.4 is 11.1 Å². The Kier molecular flexibility index (Phi) is 3.70. The highest BCUT2D eigenvalue weighted by Crippen LogP contribution is 2.38. The van der Waals surface area contributed by atoms with E-state index in [1.165, 1.54) is 11.3 Å². The minimum absolute atomic E-state index is 0.128. The molecule has 1 heterocycles. The molecule has 1 amide bonds. The van der Waals surface area contributed by atoms with Crippen LogP contribution in [0.15, 0.2) is 22.7 Å². The average Bonchev–Trinajstić information content (AvgIpc) is 2.72. The Hall–Kier alpha value is -1.11. The first-order chi connectivity index (χ1) is 9.56. The van der Waals surface area contributed by atoms with Crippen LogP contribution in [0.5, 0.6) is 0 Å². The molecule has 106 valence electrons. The van der Waals surface area contributed by atoms with Gasteiger partial charge in [-0.15, -0.1) is 11.3 Å². The van der Waals surface area contributed by atoms with Gasteiger partial charge in [-0.3, -0.25) is 4.79 Å². The molecule has 0 bridgehead atoms. The third-order valence-corrected chi connectivity index (χ3v) is 5.50. The summed E-state index contributed by atoms with van der Waals surface area (Å²) in [7, 11) is 0. The van der Waals surface area contributed by atoms with Gasteiger partial charge in [0.1, 0.15) is 4.88 Å². The van der Waals surface area contributed by atoms with Crippen LogP contribution in [0.1, 0.15) is 22.5 Å². The molecule has 6 heteroatoms. The van der Waals surface area contributed by atoms with Gasteiger partial charge in [-0.25, -0.2) is 0 Å². The summed E-state index contributed by atoms with van der Waals surface area (Å²) in [5.74, 6) is 0.258. The SMILES string of the molecule is Nc1c(C(=O)NCC2CC(O)C2)sc2cccc(Br)c12. The molecule has 4 N–H and O–H groups in total. The Bertz CT molecular complexity index is 664. The molecule has 3 rings (SSSR count). The first-order valence-electron chi connectivity index (χ1n) is 6.49. The molecule has 0 radical (unpaired) electrons. The summed E-state index contributed by atoms with van der Waals surface area (Å²) in [5.41, 5.74) is 6.63. The fourth-order valence-corrected chi connectivity index (χ4v) is 4.26. The Morgan fingerprint density at radius 3 is 2.90 bits per heavy atom. The molecule has 0 saturated heterocycles. The number of thiophene rings is 1. The number of anilines is 1. The van der Waals surface area contributed by atoms with Crippen molar-refractivity contribution in [3.05, 3.63) is 27.5 Å². The van der Waals surface area contributed by atoms with E-state index in [0.717, 1.165) is 27.4 Å². The van der Waals surface area contributed by atoms with Crippen molar-refractivity contribution < 1.29 is 9.90 Å². The highest BCUT2D eigenvalue weighted by Gasteiger charge is 2.28. The maximum Gasteiger partial charge on any atom is 0.263 e. The zero-order valence-electron chi connectivity index (χ0n) is 10.7. The van der Waals surface area contributed by atoms with E-state index in [1.807, 2.05) is 18.2 Å². The predicted octanol–water partition coefficient (Wildman–Crippen LogP) is 2.75. The second-order valence-corrected chi connectivity index (χ2v) is 7.07. The van der Waals surface area contributed by atoms with Crippen molar-refractivity contribution >= 4 is 48.9 Å². The van der Waals surface area contributed by atoms with Gasteiger partial charge in [0.25, 0.3) is 5.91 Å². The van der Waals surface area contributed by atoms with E-state index in [-0.39, 0.29) is 12.0 Å². The largest absolute Gasteiger partial charge is 0.397 e. The quantitative estimate of drug-likeness (QED) is 0.793. The summed E-state index contributed by atoms with van der Waals surface area (Å²) in [6.07, 6.45) is 1.35. The fraction of sp³-hybridized carbons (Fsp3) is 0.357. The number of amides is 1. The highest BCUT2D eigenvalue weighted by atomic mass is 79.9. The van der Waals surface area contributed by atoms with Crippen molar-refractivity contribution in [3.8, 4) is 0 Å². The second-order valence-electron chi connectivity index (χ2n) is 5.16. The van der Waals surface area contributed by atoms with Crippen LogP contribution in [-0.2, 0) is 0 Å². The van der Waals surface area contributed by atoms with Crippen LogP contribution in [0.25, 0.3) is 10.1 Å². The first kappa shape index (κ1) is 13.9. The molecule has 2 aromatic rings. The molecule has 1 aromatic heterocycles. The molecule has 4 nitrogen and oxygen atoms in total. The summed E-state index contributed by atoms with van der Waals surface area (Å²) in [6.45, 7) is 0.602. The number of nitrogens with two attached hydrogens (primary N) is 1. The minimum Gasteiger partial charge on any atom is -0.397 e. The Labute approximate surface area is 129 Å². The maximum absolute atomic E-state index is 12.2. The molecular weight excluding hydrogens is 340 g/mol. The van der Waals surface area contributed by atoms with Gasteiger partial charge in [0.15, 0.2) is 0 Å². The van der Waals surface area contributed by atoms with Crippen molar-refractivity contribution in [1.82, 2.24) is 5.32 Å². The molecular formula is C14H15BrN2O2S. The summed E-state index contributed by atoms with van der Waals surface area (Å²) < 4.78 is 1.91. The normalized spacial score (nSPS) is 21.7. The van der Waals surface area contributed by atoms with Crippen LogP contribution >= 0.6 is 27.3 Å². The molecule has 20 heavy (non-hydrogen) atoms. The van der Waals surface area contributed by atoms with E-state index < -0.39 is 0 Å². The monoisotopic (exact) mass is 354 g/mol. The summed E-state index contributed by atoms with van der Waals surface area (Å²) in [5, 5.41) is 13.0. The molecule has 1 aliphatic rings. The highest BCUT2D eigenvalue weighted by molar-refractivity contribution is 9.10. The fourth-order valence-electron chi connectivity index (χ4n) is 2.48. The van der Waals surface area contributed by atoms with Crippen molar-refractivity contribution in [2.24, 2.45) is 5.92 Å². The topological polar surface area (TPSA) is 75.4 Å². The van der Waals surface area contributed by atoms with E-state index in [4.69, 9.17) is 5.73 Å². The maximum atomic E-state index is 12.2. The van der Waals surface area contributed by atoms with Gasteiger partial charge < -0.3 is 16.2 Å². The number of fused-ring (bicyclic) bond motifs is 1. The first-order valence-corrected chi connectivity index (χ1v) is 8.10. The second kappa shape index (κ2) is 5.35. The van der Waals surface area contributed by atoms with E-state index in [1.54, 1.807) is 0 Å². The molecule has 1 saturated carbocycles. The standard InChI is InChI=1S/C14H15BrN2O2S/c15-9-2-1-3-10-11(9)12(16)13(20-10)14(19)17-6-7-4-8(18)5-7/h1-3,7-8,18H,4-6,16H2,(H,17,19). The lowest BCUT2D eigenvalue weighted by Crippen LogP contribution is -2.38. The number of hydrogen-bond donors (Lipinski definition) is 3. The molecule has 1 aromatic carbocycles. The van der Waals surface area contributed by atoms with Crippen LogP contribution in [0.4, 0.5) is 5.69 Å². The smallest absolute Gasteiger partial charge is 0.263 e. The lowest BCUT2D eigenvalue weighted by molar-refractivity contribution is 0.0420. The van der Waals surface area contributed by atoms with Gasteiger partial charge in [-0.05, 0) is 30.9 Å². The molecule has 1 aliphatic carbocycles. The summed E-state index contributed by atoms with van der Waals surface area (Å²) >= 11 is 4.87. The zero-order chi connectivity index (χ0) is 14.3. The molecule has 0 unspecified atom stereocenters. The van der Waals surface area contributed by atoms with Crippen molar-refractivity contribution in [2.75, 3.05) is 12.3 Å². The van der Waals surface area contributed by atoms with Gasteiger partial charge in [0.2, 0.25) is 0 Å². The van der Waals surface area contributed by atoms with E-state index >= 15 is 0 Å². The molecule has 0 spiro atoms. The van der Waals surface area contributed by atoms with Gasteiger partial charge in [0.05, 0.1) is 11.8 Å². The summed E-state index contributed by atoms with van der Waals surface area (Å²) in [6, 6.07) is 5.81. The summed E-state index contributed by atoms with van der Waals surface area (Å²) in [4.78, 5) is 12.8. The zero-order valence-corrected chi connectivity index (χ0v) is 13.1. The number of halogens is 1. The molecule has 0 aliphatic heterocycles. The number of carbonyl (C=O) groups excluding carboxylic acids is 1. The van der Waals surface area contributed by atoms with Crippen molar-refractivity contribution in [1.29, 1.82) is 0 Å². The van der Waals surface area contributed by atoms with Crippen LogP contribution in [0.2, 0.25) is 0 Å². The van der Waals surface area contributed by atoms with Gasteiger partial charge in [-0.1, -0.05) is 22.0 Å². The number of rotatable bonds is 3. The van der Waals surface area contributed by atoms with Crippen LogP contribution in [0.3, 0.4) is 0 Å². The number of aliphatic hydroxyl groups is 1. The average molecular weight is 355 g/mol. The number of carbonyl (C=O) groups is 1. The van der Waals surface area contributed by atoms with E-state index in [2.05, 4.69) is 21.2 Å². The van der Waals surface area contributed by atoms with Gasteiger partial charge >= 0.3 is 0 Å². The number of benzene rings is 1. The number of hydrogen-bond acceptors (Lipinski definition) is 4. The minimum atomic E-state index is -0.192. The Morgan fingerprint density at radius 2 is 2.25 bits per heavy atom. The number of nitrogen functional groups attached to an aromatic ring is 1. The van der Waals surface area contributed by atoms with Crippen LogP contribution in [-0.4, -0.2) is 23.7 Å². The van der Waals surface area contributed by atoms with Crippen molar-refractivity contribution in [2.45, 2.75) is 18.9 Å². The van der Waals surface area contributed by atoms with Crippen LogP contribution in [0, 0.1) is 5.92 Å². The van der Waals surface area contributed by atoms with Crippen molar-refractivity contribution in [3.63, 3.8) is 0 Å². The van der Waals surface area contributed by atoms with Gasteiger partial charge in [0, 0.05) is 21.1 Å². The molecule has 1 fully saturated rings. The Morgan fingerprint density at radius 1 is 1.50 bits per heavy atom. The van der Waals surface area contributed by atoms with E-state index in [9.17, 15) is 9.90 Å².